The van der Waals surface area contributed by atoms with E-state index in [1.54, 1.807) is 0 Å². The van der Waals surface area contributed by atoms with E-state index in [1.165, 1.54) is 19.3 Å². The predicted molar refractivity (Wildman–Crippen MR) is 114 cm³/mol. The highest BCUT2D eigenvalue weighted by atomic mass is 79.9. The second-order valence-corrected chi connectivity index (χ2v) is 7.79. The summed E-state index contributed by atoms with van der Waals surface area (Å²) in [5.74, 6) is 0.831. The van der Waals surface area contributed by atoms with Crippen molar-refractivity contribution >= 4 is 32.9 Å². The smallest absolute Gasteiger partial charge is 0.251 e. The third kappa shape index (κ3) is 4.78. The summed E-state index contributed by atoms with van der Waals surface area (Å²) in [5, 5.41) is 3.10. The molecule has 0 aliphatic carbocycles. The van der Waals surface area contributed by atoms with Crippen LogP contribution in [0.5, 0.6) is 0 Å². The molecule has 1 atom stereocenters. The molecule has 0 radical (unpaired) electrons. The number of hydrogen-bond donors (Lipinski definition) is 1. The van der Waals surface area contributed by atoms with Crippen molar-refractivity contribution in [3.8, 4) is 0 Å². The molecule has 142 valence electrons. The molecule has 1 aromatic heterocycles. The molecule has 1 heterocycles. The Morgan fingerprint density at radius 2 is 1.85 bits per heavy atom. The molecule has 3 aromatic rings. The molecular formula is C22H26BrN3O. The van der Waals surface area contributed by atoms with Gasteiger partial charge in [0, 0.05) is 16.6 Å². The lowest BCUT2D eigenvalue weighted by atomic mass is 10.2. The highest BCUT2D eigenvalue weighted by Crippen LogP contribution is 2.22. The standard InChI is InChI=1S/C22H26BrN3O/c1-3-4-5-8-15-26-20-10-7-6-9-19(20)25-21(26)16(2)24-22(27)17-11-13-18(23)14-12-17/h6-7,9-14,16H,3-5,8,15H2,1-2H3,(H,24,27). The largest absolute Gasteiger partial charge is 0.342 e. The third-order valence-electron chi connectivity index (χ3n) is 4.76. The molecule has 1 amide bonds. The quantitative estimate of drug-likeness (QED) is 0.456. The summed E-state index contributed by atoms with van der Waals surface area (Å²) in [5.41, 5.74) is 2.76. The van der Waals surface area contributed by atoms with Gasteiger partial charge in [0.05, 0.1) is 17.1 Å². The van der Waals surface area contributed by atoms with E-state index in [2.05, 4.69) is 38.8 Å². The fraction of sp³-hybridized carbons (Fsp3) is 0.364. The number of rotatable bonds is 8. The van der Waals surface area contributed by atoms with Gasteiger partial charge in [-0.15, -0.1) is 0 Å². The average Bonchev–Trinajstić information content (AvgIpc) is 3.04. The summed E-state index contributed by atoms with van der Waals surface area (Å²) in [6.45, 7) is 5.15. The number of para-hydroxylation sites is 2. The van der Waals surface area contributed by atoms with E-state index in [4.69, 9.17) is 4.98 Å². The second kappa shape index (κ2) is 9.18. The zero-order valence-electron chi connectivity index (χ0n) is 15.9. The van der Waals surface area contributed by atoms with Gasteiger partial charge in [0.1, 0.15) is 5.82 Å². The fourth-order valence-corrected chi connectivity index (χ4v) is 3.57. The van der Waals surface area contributed by atoms with E-state index in [0.29, 0.717) is 5.56 Å². The zero-order chi connectivity index (χ0) is 19.2. The topological polar surface area (TPSA) is 46.9 Å². The van der Waals surface area contributed by atoms with Gasteiger partial charge < -0.3 is 9.88 Å². The first-order valence-electron chi connectivity index (χ1n) is 9.61. The number of nitrogens with zero attached hydrogens (tertiary/aromatic N) is 2. The highest BCUT2D eigenvalue weighted by Gasteiger charge is 2.18. The van der Waals surface area contributed by atoms with Crippen molar-refractivity contribution in [2.75, 3.05) is 0 Å². The fourth-order valence-electron chi connectivity index (χ4n) is 3.30. The first kappa shape index (κ1) is 19.6. The Labute approximate surface area is 169 Å². The molecule has 0 aliphatic heterocycles. The van der Waals surface area contributed by atoms with E-state index < -0.39 is 0 Å². The van der Waals surface area contributed by atoms with E-state index in [9.17, 15) is 4.79 Å². The minimum Gasteiger partial charge on any atom is -0.342 e. The monoisotopic (exact) mass is 427 g/mol. The van der Waals surface area contributed by atoms with E-state index >= 15 is 0 Å². The first-order valence-corrected chi connectivity index (χ1v) is 10.4. The van der Waals surface area contributed by atoms with Crippen LogP contribution in [-0.2, 0) is 6.54 Å². The van der Waals surface area contributed by atoms with Crippen LogP contribution in [0, 0.1) is 0 Å². The van der Waals surface area contributed by atoms with Crippen molar-refractivity contribution in [1.29, 1.82) is 0 Å². The molecule has 5 heteroatoms. The summed E-state index contributed by atoms with van der Waals surface area (Å²) in [6.07, 6.45) is 4.80. The molecule has 0 aliphatic rings. The number of aryl methyl sites for hydroxylation is 1. The van der Waals surface area contributed by atoms with Gasteiger partial charge in [0.25, 0.3) is 5.91 Å². The number of benzene rings is 2. The SMILES string of the molecule is CCCCCCn1c(C(C)NC(=O)c2ccc(Br)cc2)nc2ccccc21. The predicted octanol–water partition coefficient (Wildman–Crippen LogP) is 5.87. The van der Waals surface area contributed by atoms with Crippen LogP contribution in [0.15, 0.2) is 53.0 Å². The van der Waals surface area contributed by atoms with Crippen LogP contribution in [0.1, 0.15) is 61.8 Å². The van der Waals surface area contributed by atoms with Crippen LogP contribution in [0.2, 0.25) is 0 Å². The lowest BCUT2D eigenvalue weighted by molar-refractivity contribution is 0.0937. The molecule has 0 fully saturated rings. The maximum Gasteiger partial charge on any atom is 0.251 e. The minimum absolute atomic E-state index is 0.0837. The number of fused-ring (bicyclic) bond motifs is 1. The van der Waals surface area contributed by atoms with Crippen molar-refractivity contribution in [2.45, 2.75) is 52.1 Å². The maximum atomic E-state index is 12.6. The van der Waals surface area contributed by atoms with Crippen LogP contribution >= 0.6 is 15.9 Å². The van der Waals surface area contributed by atoms with E-state index in [1.807, 2.05) is 49.4 Å². The number of imidazole rings is 1. The normalized spacial score (nSPS) is 12.3. The zero-order valence-corrected chi connectivity index (χ0v) is 17.5. The highest BCUT2D eigenvalue weighted by molar-refractivity contribution is 9.10. The van der Waals surface area contributed by atoms with Crippen molar-refractivity contribution < 1.29 is 4.79 Å². The van der Waals surface area contributed by atoms with Gasteiger partial charge in [0.15, 0.2) is 0 Å². The van der Waals surface area contributed by atoms with Crippen LogP contribution in [0.3, 0.4) is 0 Å². The van der Waals surface area contributed by atoms with Crippen molar-refractivity contribution in [1.82, 2.24) is 14.9 Å². The molecule has 1 N–H and O–H groups in total. The summed E-state index contributed by atoms with van der Waals surface area (Å²) in [6, 6.07) is 15.4. The Morgan fingerprint density at radius 3 is 2.59 bits per heavy atom. The van der Waals surface area contributed by atoms with Gasteiger partial charge in [-0.25, -0.2) is 4.98 Å². The number of nitrogens with one attached hydrogen (secondary N) is 1. The van der Waals surface area contributed by atoms with E-state index in [0.717, 1.165) is 34.3 Å². The Morgan fingerprint density at radius 1 is 1.11 bits per heavy atom. The lowest BCUT2D eigenvalue weighted by Crippen LogP contribution is -2.28. The number of unbranched alkanes of at least 4 members (excludes halogenated alkanes) is 3. The Hall–Kier alpha value is -2.14. The number of halogens is 1. The van der Waals surface area contributed by atoms with Crippen molar-refractivity contribution in [3.63, 3.8) is 0 Å². The van der Waals surface area contributed by atoms with Crippen LogP contribution in [-0.4, -0.2) is 15.5 Å². The molecular weight excluding hydrogens is 402 g/mol. The van der Waals surface area contributed by atoms with Gasteiger partial charge in [-0.05, 0) is 49.7 Å². The number of aromatic nitrogens is 2. The minimum atomic E-state index is -0.167. The molecule has 27 heavy (non-hydrogen) atoms. The Bertz CT molecular complexity index is 902. The van der Waals surface area contributed by atoms with Gasteiger partial charge >= 0.3 is 0 Å². The van der Waals surface area contributed by atoms with E-state index in [-0.39, 0.29) is 11.9 Å². The molecule has 3 rings (SSSR count). The number of amides is 1. The third-order valence-corrected chi connectivity index (χ3v) is 5.29. The molecule has 0 spiro atoms. The van der Waals surface area contributed by atoms with Gasteiger partial charge in [0.2, 0.25) is 0 Å². The Balaban J connectivity index is 1.81. The second-order valence-electron chi connectivity index (χ2n) is 6.87. The molecule has 0 bridgehead atoms. The van der Waals surface area contributed by atoms with Gasteiger partial charge in [-0.1, -0.05) is 54.2 Å². The first-order chi connectivity index (χ1) is 13.1. The van der Waals surface area contributed by atoms with Crippen molar-refractivity contribution in [3.05, 3.63) is 64.4 Å². The van der Waals surface area contributed by atoms with Crippen LogP contribution in [0.4, 0.5) is 0 Å². The van der Waals surface area contributed by atoms with Crippen LogP contribution < -0.4 is 5.32 Å². The lowest BCUT2D eigenvalue weighted by Gasteiger charge is -2.16. The number of hydrogen-bond acceptors (Lipinski definition) is 2. The summed E-state index contributed by atoms with van der Waals surface area (Å²) < 4.78 is 3.22. The molecule has 0 saturated carbocycles. The molecule has 0 saturated heterocycles. The van der Waals surface area contributed by atoms with Gasteiger partial charge in [-0.2, -0.15) is 0 Å². The Kier molecular flexibility index (Phi) is 6.67. The molecule has 1 unspecified atom stereocenters. The summed E-state index contributed by atoms with van der Waals surface area (Å²) in [7, 11) is 0. The number of carbonyl (C=O) groups is 1. The van der Waals surface area contributed by atoms with Crippen LogP contribution in [0.25, 0.3) is 11.0 Å². The molecule has 2 aromatic carbocycles. The van der Waals surface area contributed by atoms with Gasteiger partial charge in [-0.3, -0.25) is 4.79 Å². The van der Waals surface area contributed by atoms with Crippen molar-refractivity contribution in [2.24, 2.45) is 0 Å². The number of carbonyl (C=O) groups excluding carboxylic acids is 1. The summed E-state index contributed by atoms with van der Waals surface area (Å²) >= 11 is 3.40. The average molecular weight is 428 g/mol. The molecule has 4 nitrogen and oxygen atoms in total. The maximum absolute atomic E-state index is 12.6. The summed E-state index contributed by atoms with van der Waals surface area (Å²) in [4.78, 5) is 17.4.